The number of hydrogen-bond donors (Lipinski definition) is 2. The van der Waals surface area contributed by atoms with Crippen LogP contribution in [0.2, 0.25) is 0 Å². The molecular weight excluding hydrogens is 294 g/mol. The highest BCUT2D eigenvalue weighted by atomic mass is 16.2. The number of nitrogens with one attached hydrogen (secondary N) is 2. The number of nitrogens with zero attached hydrogens (tertiary/aromatic N) is 1. The lowest BCUT2D eigenvalue weighted by molar-refractivity contribution is -0.127. The molecule has 1 heterocycles. The molecule has 0 aliphatic carbocycles. The van der Waals surface area contributed by atoms with Crippen LogP contribution in [0, 0.1) is 0 Å². The third-order valence-corrected chi connectivity index (χ3v) is 3.83. The summed E-state index contributed by atoms with van der Waals surface area (Å²) in [6.07, 6.45) is 1.31. The zero-order valence-corrected chi connectivity index (χ0v) is 13.4. The van der Waals surface area contributed by atoms with Crippen LogP contribution >= 0.6 is 0 Å². The van der Waals surface area contributed by atoms with Crippen LogP contribution in [0.15, 0.2) is 30.9 Å². The van der Waals surface area contributed by atoms with Crippen LogP contribution in [0.4, 0.5) is 0 Å². The molecule has 3 amide bonds. The number of rotatable bonds is 5. The fraction of sp³-hybridized carbons (Fsp3) is 0.353. The summed E-state index contributed by atoms with van der Waals surface area (Å²) in [6, 6.07) is 5.25. The van der Waals surface area contributed by atoms with Crippen molar-refractivity contribution in [1.82, 2.24) is 15.5 Å². The normalized spacial score (nSPS) is 13.9. The second-order valence-corrected chi connectivity index (χ2v) is 5.59. The molecule has 1 aromatic rings. The van der Waals surface area contributed by atoms with Crippen LogP contribution in [0.3, 0.4) is 0 Å². The third-order valence-electron chi connectivity index (χ3n) is 3.83. The molecule has 6 heteroatoms. The molecule has 0 bridgehead atoms. The quantitative estimate of drug-likeness (QED) is 0.791. The molecule has 1 atom stereocenters. The predicted octanol–water partition coefficient (Wildman–Crippen LogP) is 0.856. The Bertz CT molecular complexity index is 654. The lowest BCUT2D eigenvalue weighted by Gasteiger charge is -2.15. The van der Waals surface area contributed by atoms with E-state index in [1.54, 1.807) is 11.8 Å². The average molecular weight is 315 g/mol. The van der Waals surface area contributed by atoms with E-state index >= 15 is 0 Å². The SMILES string of the molecule is C=CC(=O)N1Cc2cccc(CNC(=O)[C@H](C)NC(C)=O)c2C1. The Kier molecular flexibility index (Phi) is 5.16. The van der Waals surface area contributed by atoms with Gasteiger partial charge in [0, 0.05) is 26.6 Å². The van der Waals surface area contributed by atoms with Crippen molar-refractivity contribution in [2.75, 3.05) is 0 Å². The first-order valence-corrected chi connectivity index (χ1v) is 7.48. The smallest absolute Gasteiger partial charge is 0.246 e. The summed E-state index contributed by atoms with van der Waals surface area (Å²) in [7, 11) is 0. The van der Waals surface area contributed by atoms with Gasteiger partial charge in [0.15, 0.2) is 0 Å². The summed E-state index contributed by atoms with van der Waals surface area (Å²) in [5, 5.41) is 5.36. The van der Waals surface area contributed by atoms with Gasteiger partial charge >= 0.3 is 0 Å². The van der Waals surface area contributed by atoms with Crippen molar-refractivity contribution in [1.29, 1.82) is 0 Å². The Balaban J connectivity index is 2.02. The Morgan fingerprint density at radius 2 is 2.09 bits per heavy atom. The minimum absolute atomic E-state index is 0.101. The van der Waals surface area contributed by atoms with E-state index in [9.17, 15) is 14.4 Å². The fourth-order valence-corrected chi connectivity index (χ4v) is 2.65. The topological polar surface area (TPSA) is 78.5 Å². The molecule has 1 aliphatic heterocycles. The van der Waals surface area contributed by atoms with Gasteiger partial charge in [-0.2, -0.15) is 0 Å². The second-order valence-electron chi connectivity index (χ2n) is 5.59. The summed E-state index contributed by atoms with van der Waals surface area (Å²) in [4.78, 5) is 36.4. The summed E-state index contributed by atoms with van der Waals surface area (Å²) >= 11 is 0. The van der Waals surface area contributed by atoms with Gasteiger partial charge in [-0.1, -0.05) is 24.8 Å². The van der Waals surface area contributed by atoms with Gasteiger partial charge in [-0.15, -0.1) is 0 Å². The summed E-state index contributed by atoms with van der Waals surface area (Å²) in [5.74, 6) is -0.586. The summed E-state index contributed by atoms with van der Waals surface area (Å²) in [5.41, 5.74) is 3.13. The minimum Gasteiger partial charge on any atom is -0.350 e. The van der Waals surface area contributed by atoms with Gasteiger partial charge in [-0.3, -0.25) is 14.4 Å². The van der Waals surface area contributed by atoms with Crippen LogP contribution in [0.5, 0.6) is 0 Å². The number of benzene rings is 1. The molecular formula is C17H21N3O3. The maximum Gasteiger partial charge on any atom is 0.246 e. The monoisotopic (exact) mass is 315 g/mol. The van der Waals surface area contributed by atoms with Gasteiger partial charge in [0.1, 0.15) is 6.04 Å². The molecule has 0 spiro atoms. The van der Waals surface area contributed by atoms with E-state index < -0.39 is 6.04 Å². The highest BCUT2D eigenvalue weighted by Crippen LogP contribution is 2.26. The number of hydrogen-bond acceptors (Lipinski definition) is 3. The van der Waals surface area contributed by atoms with Crippen molar-refractivity contribution < 1.29 is 14.4 Å². The van der Waals surface area contributed by atoms with E-state index in [0.29, 0.717) is 19.6 Å². The molecule has 0 aromatic heterocycles. The molecule has 0 fully saturated rings. The van der Waals surface area contributed by atoms with Crippen molar-refractivity contribution >= 4 is 17.7 Å². The van der Waals surface area contributed by atoms with E-state index in [2.05, 4.69) is 17.2 Å². The molecule has 2 rings (SSSR count). The summed E-state index contributed by atoms with van der Waals surface area (Å²) in [6.45, 7) is 7.96. The molecule has 0 saturated heterocycles. The first-order valence-electron chi connectivity index (χ1n) is 7.48. The molecule has 0 unspecified atom stereocenters. The van der Waals surface area contributed by atoms with Crippen LogP contribution in [-0.4, -0.2) is 28.7 Å². The van der Waals surface area contributed by atoms with E-state index in [4.69, 9.17) is 0 Å². The molecule has 122 valence electrons. The predicted molar refractivity (Wildman–Crippen MR) is 86.0 cm³/mol. The molecule has 6 nitrogen and oxygen atoms in total. The Morgan fingerprint density at radius 1 is 1.35 bits per heavy atom. The Morgan fingerprint density at radius 3 is 2.74 bits per heavy atom. The second kappa shape index (κ2) is 7.09. The van der Waals surface area contributed by atoms with Crippen molar-refractivity contribution in [3.63, 3.8) is 0 Å². The van der Waals surface area contributed by atoms with Crippen molar-refractivity contribution in [2.45, 2.75) is 39.5 Å². The Hall–Kier alpha value is -2.63. The first-order chi connectivity index (χ1) is 10.9. The number of fused-ring (bicyclic) bond motifs is 1. The van der Waals surface area contributed by atoms with Gasteiger partial charge in [-0.25, -0.2) is 0 Å². The van der Waals surface area contributed by atoms with Crippen LogP contribution in [-0.2, 0) is 34.0 Å². The maximum atomic E-state index is 12.0. The first kappa shape index (κ1) is 16.7. The van der Waals surface area contributed by atoms with Gasteiger partial charge in [0.25, 0.3) is 0 Å². The highest BCUT2D eigenvalue weighted by molar-refractivity contribution is 5.87. The third kappa shape index (κ3) is 3.97. The lowest BCUT2D eigenvalue weighted by atomic mass is 10.0. The van der Waals surface area contributed by atoms with E-state index in [1.165, 1.54) is 13.0 Å². The largest absolute Gasteiger partial charge is 0.350 e. The standard InChI is InChI=1S/C17H21N3O3/c1-4-16(22)20-9-14-7-5-6-13(15(14)10-20)8-18-17(23)11(2)19-12(3)21/h4-7,11H,1,8-10H2,2-3H3,(H,18,23)(H,19,21)/t11-/m0/s1. The van der Waals surface area contributed by atoms with E-state index in [0.717, 1.165) is 16.7 Å². The zero-order chi connectivity index (χ0) is 17.0. The Labute approximate surface area is 135 Å². The minimum atomic E-state index is -0.580. The lowest BCUT2D eigenvalue weighted by Crippen LogP contribution is -2.43. The van der Waals surface area contributed by atoms with Crippen LogP contribution in [0.1, 0.15) is 30.5 Å². The number of carbonyl (C=O) groups excluding carboxylic acids is 3. The van der Waals surface area contributed by atoms with Crippen LogP contribution < -0.4 is 10.6 Å². The van der Waals surface area contributed by atoms with Gasteiger partial charge in [0.2, 0.25) is 17.7 Å². The average Bonchev–Trinajstić information content (AvgIpc) is 2.95. The molecule has 0 radical (unpaired) electrons. The van der Waals surface area contributed by atoms with E-state index in [-0.39, 0.29) is 17.7 Å². The van der Waals surface area contributed by atoms with Gasteiger partial charge in [0.05, 0.1) is 0 Å². The van der Waals surface area contributed by atoms with Gasteiger partial charge in [-0.05, 0) is 29.7 Å². The molecule has 0 saturated carbocycles. The molecule has 1 aliphatic rings. The van der Waals surface area contributed by atoms with Crippen molar-refractivity contribution in [3.05, 3.63) is 47.5 Å². The van der Waals surface area contributed by atoms with Crippen molar-refractivity contribution in [3.8, 4) is 0 Å². The van der Waals surface area contributed by atoms with Crippen molar-refractivity contribution in [2.24, 2.45) is 0 Å². The fourth-order valence-electron chi connectivity index (χ4n) is 2.65. The molecule has 23 heavy (non-hydrogen) atoms. The zero-order valence-electron chi connectivity index (χ0n) is 13.4. The van der Waals surface area contributed by atoms with Crippen LogP contribution in [0.25, 0.3) is 0 Å². The molecule has 1 aromatic carbocycles. The maximum absolute atomic E-state index is 12.0. The summed E-state index contributed by atoms with van der Waals surface area (Å²) < 4.78 is 0. The highest BCUT2D eigenvalue weighted by Gasteiger charge is 2.24. The van der Waals surface area contributed by atoms with Gasteiger partial charge < -0.3 is 15.5 Å². The number of amides is 3. The molecule has 2 N–H and O–H groups in total. The number of carbonyl (C=O) groups is 3. The van der Waals surface area contributed by atoms with E-state index in [1.807, 2.05) is 18.2 Å².